The van der Waals surface area contributed by atoms with Gasteiger partial charge in [-0.1, -0.05) is 38.7 Å². The first-order valence-corrected chi connectivity index (χ1v) is 7.89. The van der Waals surface area contributed by atoms with Crippen molar-refractivity contribution < 1.29 is 13.2 Å². The molecule has 1 fully saturated rings. The van der Waals surface area contributed by atoms with Gasteiger partial charge in [0, 0.05) is 11.6 Å². The van der Waals surface area contributed by atoms with Crippen LogP contribution in [0.25, 0.3) is 0 Å². The third-order valence-electron chi connectivity index (χ3n) is 4.77. The molecule has 1 nitrogen and oxygen atoms in total. The van der Waals surface area contributed by atoms with E-state index in [1.165, 1.54) is 18.9 Å². The van der Waals surface area contributed by atoms with Crippen LogP contribution >= 0.6 is 0 Å². The summed E-state index contributed by atoms with van der Waals surface area (Å²) in [6.07, 6.45) is 6.74. The summed E-state index contributed by atoms with van der Waals surface area (Å²) in [4.78, 5) is 0. The molecular weight excluding hydrogens is 275 g/mol. The normalized spacial score (nSPS) is 24.0. The van der Waals surface area contributed by atoms with Gasteiger partial charge in [-0.15, -0.1) is 0 Å². The number of benzene rings is 1. The molecule has 1 unspecified atom stereocenters. The summed E-state index contributed by atoms with van der Waals surface area (Å²) < 4.78 is 40.5. The zero-order valence-electron chi connectivity index (χ0n) is 12.8. The second kappa shape index (κ2) is 7.30. The molecule has 1 atom stereocenters. The van der Waals surface area contributed by atoms with Gasteiger partial charge >= 0.3 is 0 Å². The molecule has 0 aliphatic heterocycles. The first-order valence-electron chi connectivity index (χ1n) is 7.89. The Labute approximate surface area is 124 Å². The average molecular weight is 299 g/mol. The zero-order chi connectivity index (χ0) is 15.4. The van der Waals surface area contributed by atoms with E-state index in [0.29, 0.717) is 0 Å². The molecule has 1 saturated carbocycles. The SMILES string of the molecule is CCCC1CCC(C(NC)c2ccc(F)c(F)c2F)CC1. The van der Waals surface area contributed by atoms with E-state index in [2.05, 4.69) is 12.2 Å². The molecule has 0 bridgehead atoms. The summed E-state index contributed by atoms with van der Waals surface area (Å²) in [5.74, 6) is -2.50. The molecule has 2 rings (SSSR count). The second-order valence-electron chi connectivity index (χ2n) is 6.10. The maximum atomic E-state index is 14.0. The van der Waals surface area contributed by atoms with E-state index in [4.69, 9.17) is 0 Å². The first-order chi connectivity index (χ1) is 10.1. The van der Waals surface area contributed by atoms with Gasteiger partial charge in [0.15, 0.2) is 17.5 Å². The van der Waals surface area contributed by atoms with Crippen LogP contribution < -0.4 is 5.32 Å². The molecule has 1 aliphatic carbocycles. The predicted octanol–water partition coefficient (Wildman–Crippen LogP) is 4.97. The quantitative estimate of drug-likeness (QED) is 0.757. The van der Waals surface area contributed by atoms with Crippen molar-refractivity contribution in [2.75, 3.05) is 7.05 Å². The summed E-state index contributed by atoms with van der Waals surface area (Å²) in [6, 6.07) is 2.14. The van der Waals surface area contributed by atoms with Crippen LogP contribution in [0.4, 0.5) is 13.2 Å². The van der Waals surface area contributed by atoms with Crippen molar-refractivity contribution in [3.05, 3.63) is 35.1 Å². The second-order valence-corrected chi connectivity index (χ2v) is 6.10. The molecule has 1 aromatic carbocycles. The summed E-state index contributed by atoms with van der Waals surface area (Å²) >= 11 is 0. The van der Waals surface area contributed by atoms with Crippen LogP contribution in [-0.4, -0.2) is 7.05 Å². The number of hydrogen-bond acceptors (Lipinski definition) is 1. The molecule has 1 aromatic rings. The maximum Gasteiger partial charge on any atom is 0.194 e. The Hall–Kier alpha value is -1.03. The molecule has 118 valence electrons. The molecule has 0 aromatic heterocycles. The van der Waals surface area contributed by atoms with Crippen molar-refractivity contribution in [2.45, 2.75) is 51.5 Å². The third-order valence-corrected chi connectivity index (χ3v) is 4.77. The van der Waals surface area contributed by atoms with Crippen LogP contribution in [0.5, 0.6) is 0 Å². The largest absolute Gasteiger partial charge is 0.313 e. The molecule has 21 heavy (non-hydrogen) atoms. The predicted molar refractivity (Wildman–Crippen MR) is 78.5 cm³/mol. The Bertz CT molecular complexity index is 467. The van der Waals surface area contributed by atoms with Crippen LogP contribution in [-0.2, 0) is 0 Å². The Kier molecular flexibility index (Phi) is 5.68. The Balaban J connectivity index is 2.12. The highest BCUT2D eigenvalue weighted by Crippen LogP contribution is 2.39. The minimum atomic E-state index is -1.37. The fraction of sp³-hybridized carbons (Fsp3) is 0.647. The van der Waals surface area contributed by atoms with Gasteiger partial charge < -0.3 is 5.32 Å². The molecule has 0 amide bonds. The van der Waals surface area contributed by atoms with E-state index in [1.807, 2.05) is 0 Å². The minimum absolute atomic E-state index is 0.246. The van der Waals surface area contributed by atoms with Gasteiger partial charge in [0.25, 0.3) is 0 Å². The van der Waals surface area contributed by atoms with Crippen LogP contribution in [0.3, 0.4) is 0 Å². The van der Waals surface area contributed by atoms with Gasteiger partial charge in [0.05, 0.1) is 0 Å². The Morgan fingerprint density at radius 3 is 2.33 bits per heavy atom. The van der Waals surface area contributed by atoms with Crippen molar-refractivity contribution in [1.82, 2.24) is 5.32 Å². The minimum Gasteiger partial charge on any atom is -0.313 e. The maximum absolute atomic E-state index is 14.0. The third kappa shape index (κ3) is 3.60. The summed E-state index contributed by atoms with van der Waals surface area (Å²) in [7, 11) is 1.75. The monoisotopic (exact) mass is 299 g/mol. The van der Waals surface area contributed by atoms with E-state index in [-0.39, 0.29) is 17.5 Å². The average Bonchev–Trinajstić information content (AvgIpc) is 2.50. The lowest BCUT2D eigenvalue weighted by Crippen LogP contribution is -2.29. The fourth-order valence-electron chi connectivity index (χ4n) is 3.64. The van der Waals surface area contributed by atoms with Crippen LogP contribution in [0, 0.1) is 29.3 Å². The van der Waals surface area contributed by atoms with Crippen molar-refractivity contribution in [3.8, 4) is 0 Å². The summed E-state index contributed by atoms with van der Waals surface area (Å²) in [5.41, 5.74) is 0.246. The highest BCUT2D eigenvalue weighted by Gasteiger charge is 2.30. The van der Waals surface area contributed by atoms with Gasteiger partial charge in [-0.3, -0.25) is 0 Å². The van der Waals surface area contributed by atoms with E-state index in [1.54, 1.807) is 7.05 Å². The van der Waals surface area contributed by atoms with Crippen molar-refractivity contribution in [2.24, 2.45) is 11.8 Å². The topological polar surface area (TPSA) is 12.0 Å². The van der Waals surface area contributed by atoms with E-state index < -0.39 is 17.5 Å². The summed E-state index contributed by atoms with van der Waals surface area (Å²) in [6.45, 7) is 2.19. The Morgan fingerprint density at radius 2 is 1.76 bits per heavy atom. The first kappa shape index (κ1) is 16.3. The van der Waals surface area contributed by atoms with Crippen molar-refractivity contribution in [1.29, 1.82) is 0 Å². The van der Waals surface area contributed by atoms with E-state index >= 15 is 0 Å². The fourth-order valence-corrected chi connectivity index (χ4v) is 3.64. The van der Waals surface area contributed by atoms with Crippen LogP contribution in [0.2, 0.25) is 0 Å². The van der Waals surface area contributed by atoms with Gasteiger partial charge in [-0.25, -0.2) is 13.2 Å². The van der Waals surface area contributed by atoms with Crippen LogP contribution in [0.15, 0.2) is 12.1 Å². The Morgan fingerprint density at radius 1 is 1.10 bits per heavy atom. The highest BCUT2D eigenvalue weighted by molar-refractivity contribution is 5.24. The smallest absolute Gasteiger partial charge is 0.194 e. The van der Waals surface area contributed by atoms with Crippen molar-refractivity contribution in [3.63, 3.8) is 0 Å². The lowest BCUT2D eigenvalue weighted by Gasteiger charge is -2.34. The molecule has 0 saturated heterocycles. The van der Waals surface area contributed by atoms with Crippen molar-refractivity contribution >= 4 is 0 Å². The zero-order valence-corrected chi connectivity index (χ0v) is 12.8. The molecule has 1 N–H and O–H groups in total. The van der Waals surface area contributed by atoms with Gasteiger partial charge in [-0.05, 0) is 37.8 Å². The lowest BCUT2D eigenvalue weighted by atomic mass is 9.75. The number of rotatable bonds is 5. The standard InChI is InChI=1S/C17H24F3N/c1-3-4-11-5-7-12(8-6-11)17(21-2)13-9-10-14(18)16(20)15(13)19/h9-12,17,21H,3-8H2,1-2H3. The molecule has 1 aliphatic rings. The number of halogens is 3. The number of hydrogen-bond donors (Lipinski definition) is 1. The lowest BCUT2D eigenvalue weighted by molar-refractivity contribution is 0.216. The molecule has 4 heteroatoms. The van der Waals surface area contributed by atoms with Crippen LogP contribution in [0.1, 0.15) is 57.1 Å². The molecular formula is C17H24F3N. The van der Waals surface area contributed by atoms with Gasteiger partial charge in [0.2, 0.25) is 0 Å². The highest BCUT2D eigenvalue weighted by atomic mass is 19.2. The summed E-state index contributed by atoms with van der Waals surface area (Å²) in [5, 5.41) is 3.09. The van der Waals surface area contributed by atoms with Gasteiger partial charge in [-0.2, -0.15) is 0 Å². The molecule has 0 heterocycles. The van der Waals surface area contributed by atoms with E-state index in [9.17, 15) is 13.2 Å². The number of nitrogens with one attached hydrogen (secondary N) is 1. The molecule has 0 spiro atoms. The van der Waals surface area contributed by atoms with E-state index in [0.717, 1.165) is 37.7 Å². The molecule has 0 radical (unpaired) electrons. The van der Waals surface area contributed by atoms with Gasteiger partial charge in [0.1, 0.15) is 0 Å².